The zero-order chi connectivity index (χ0) is 13.6. The number of phenols is 1. The van der Waals surface area contributed by atoms with Crippen molar-refractivity contribution in [3.05, 3.63) is 36.4 Å². The molecule has 0 saturated carbocycles. The highest BCUT2D eigenvalue weighted by atomic mass is 16.3. The van der Waals surface area contributed by atoms with Gasteiger partial charge in [0.15, 0.2) is 0 Å². The molecule has 1 aliphatic carbocycles. The topological polar surface area (TPSA) is 57.6 Å². The van der Waals surface area contributed by atoms with Gasteiger partial charge in [0.25, 0.3) is 0 Å². The van der Waals surface area contributed by atoms with Gasteiger partial charge in [0, 0.05) is 6.07 Å². The summed E-state index contributed by atoms with van der Waals surface area (Å²) in [5.41, 5.74) is 0.455. The number of nitrogens with zero attached hydrogens (tertiary/aromatic N) is 1. The lowest BCUT2D eigenvalue weighted by Crippen LogP contribution is -2.31. The van der Waals surface area contributed by atoms with Crippen LogP contribution >= 0.6 is 0 Å². The van der Waals surface area contributed by atoms with Crippen molar-refractivity contribution >= 4 is 17.5 Å². The summed E-state index contributed by atoms with van der Waals surface area (Å²) in [5, 5.41) is 9.49. The lowest BCUT2D eigenvalue weighted by Gasteiger charge is -2.22. The Morgan fingerprint density at radius 3 is 2.74 bits per heavy atom. The number of hydrogen-bond donors (Lipinski definition) is 1. The molecule has 19 heavy (non-hydrogen) atoms. The summed E-state index contributed by atoms with van der Waals surface area (Å²) >= 11 is 0. The van der Waals surface area contributed by atoms with E-state index in [2.05, 4.69) is 0 Å². The Morgan fingerprint density at radius 2 is 2.05 bits per heavy atom. The van der Waals surface area contributed by atoms with E-state index in [1.165, 1.54) is 17.0 Å². The summed E-state index contributed by atoms with van der Waals surface area (Å²) in [7, 11) is 0. The van der Waals surface area contributed by atoms with Gasteiger partial charge in [-0.3, -0.25) is 9.59 Å². The SMILES string of the molecule is C[C@@H]1C=CC[C@@H]2C(=O)N(c3cccc(O)c3)C(=O)[C@@H]12. The van der Waals surface area contributed by atoms with Crippen LogP contribution in [0.3, 0.4) is 0 Å². The summed E-state index contributed by atoms with van der Waals surface area (Å²) in [4.78, 5) is 26.1. The smallest absolute Gasteiger partial charge is 0.238 e. The Balaban J connectivity index is 2.01. The van der Waals surface area contributed by atoms with E-state index in [4.69, 9.17) is 0 Å². The highest BCUT2D eigenvalue weighted by Crippen LogP contribution is 2.40. The Morgan fingerprint density at radius 1 is 1.26 bits per heavy atom. The molecular weight excluding hydrogens is 242 g/mol. The normalized spacial score (nSPS) is 29.7. The Kier molecular flexibility index (Phi) is 2.66. The number of amides is 2. The molecule has 1 N–H and O–H groups in total. The molecule has 1 heterocycles. The molecule has 0 bridgehead atoms. The van der Waals surface area contributed by atoms with Crippen molar-refractivity contribution in [2.24, 2.45) is 17.8 Å². The predicted octanol–water partition coefficient (Wildman–Crippen LogP) is 2.09. The molecule has 1 fully saturated rings. The van der Waals surface area contributed by atoms with E-state index in [1.807, 2.05) is 19.1 Å². The first-order chi connectivity index (χ1) is 9.09. The average molecular weight is 257 g/mol. The van der Waals surface area contributed by atoms with E-state index >= 15 is 0 Å². The van der Waals surface area contributed by atoms with Gasteiger partial charge in [0.2, 0.25) is 11.8 Å². The molecule has 3 atom stereocenters. The molecule has 1 aliphatic heterocycles. The van der Waals surface area contributed by atoms with Crippen LogP contribution in [0.1, 0.15) is 13.3 Å². The first-order valence-electron chi connectivity index (χ1n) is 6.43. The van der Waals surface area contributed by atoms with E-state index in [0.717, 1.165) is 0 Å². The fourth-order valence-corrected chi connectivity index (χ4v) is 3.03. The summed E-state index contributed by atoms with van der Waals surface area (Å²) in [6.07, 6.45) is 4.59. The fraction of sp³-hybridized carbons (Fsp3) is 0.333. The second-order valence-corrected chi connectivity index (χ2v) is 5.19. The molecule has 1 saturated heterocycles. The van der Waals surface area contributed by atoms with Crippen LogP contribution in [-0.2, 0) is 9.59 Å². The standard InChI is InChI=1S/C15H15NO3/c1-9-4-2-7-12-13(9)15(19)16(14(12)18)10-5-3-6-11(17)8-10/h2-6,8-9,12-13,17H,7H2,1H3/t9-,12+,13+/m1/s1. The molecular formula is C15H15NO3. The minimum absolute atomic E-state index is 0.0548. The molecule has 2 amide bonds. The highest BCUT2D eigenvalue weighted by molar-refractivity contribution is 6.22. The number of anilines is 1. The van der Waals surface area contributed by atoms with Gasteiger partial charge in [-0.1, -0.05) is 25.1 Å². The highest BCUT2D eigenvalue weighted by Gasteiger charge is 2.50. The van der Waals surface area contributed by atoms with Crippen molar-refractivity contribution in [2.45, 2.75) is 13.3 Å². The van der Waals surface area contributed by atoms with Crippen LogP contribution in [0.4, 0.5) is 5.69 Å². The van der Waals surface area contributed by atoms with Gasteiger partial charge in [0.1, 0.15) is 5.75 Å². The largest absolute Gasteiger partial charge is 0.508 e. The van der Waals surface area contributed by atoms with Crippen LogP contribution in [0.2, 0.25) is 0 Å². The van der Waals surface area contributed by atoms with E-state index in [1.54, 1.807) is 12.1 Å². The average Bonchev–Trinajstić information content (AvgIpc) is 2.63. The monoisotopic (exact) mass is 257 g/mol. The fourth-order valence-electron chi connectivity index (χ4n) is 3.03. The number of fused-ring (bicyclic) bond motifs is 1. The van der Waals surface area contributed by atoms with Crippen LogP contribution in [0.5, 0.6) is 5.75 Å². The molecule has 0 aromatic heterocycles. The number of allylic oxidation sites excluding steroid dienone is 2. The number of hydrogen-bond acceptors (Lipinski definition) is 3. The van der Waals surface area contributed by atoms with Crippen molar-refractivity contribution in [3.63, 3.8) is 0 Å². The number of carbonyl (C=O) groups is 2. The summed E-state index contributed by atoms with van der Waals surface area (Å²) in [6, 6.07) is 6.27. The number of carbonyl (C=O) groups excluding carboxylic acids is 2. The summed E-state index contributed by atoms with van der Waals surface area (Å²) in [6.45, 7) is 1.96. The van der Waals surface area contributed by atoms with E-state index < -0.39 is 0 Å². The van der Waals surface area contributed by atoms with E-state index in [0.29, 0.717) is 12.1 Å². The molecule has 1 aromatic rings. The van der Waals surface area contributed by atoms with Gasteiger partial charge >= 0.3 is 0 Å². The van der Waals surface area contributed by atoms with Gasteiger partial charge in [-0.25, -0.2) is 4.90 Å². The third-order valence-electron chi connectivity index (χ3n) is 3.96. The molecule has 3 rings (SSSR count). The summed E-state index contributed by atoms with van der Waals surface area (Å²) < 4.78 is 0. The van der Waals surface area contributed by atoms with Gasteiger partial charge in [0.05, 0.1) is 17.5 Å². The second-order valence-electron chi connectivity index (χ2n) is 5.19. The number of rotatable bonds is 1. The quantitative estimate of drug-likeness (QED) is 0.619. The zero-order valence-corrected chi connectivity index (χ0v) is 10.6. The Labute approximate surface area is 111 Å². The number of phenolic OH excluding ortho intramolecular Hbond substituents is 1. The van der Waals surface area contributed by atoms with Crippen molar-refractivity contribution in [3.8, 4) is 5.75 Å². The number of aromatic hydroxyl groups is 1. The van der Waals surface area contributed by atoms with Crippen molar-refractivity contribution < 1.29 is 14.7 Å². The van der Waals surface area contributed by atoms with E-state index in [-0.39, 0.29) is 35.3 Å². The Bertz CT molecular complexity index is 579. The van der Waals surface area contributed by atoms with E-state index in [9.17, 15) is 14.7 Å². The summed E-state index contributed by atoms with van der Waals surface area (Å²) in [5.74, 6) is -0.694. The van der Waals surface area contributed by atoms with Crippen molar-refractivity contribution in [1.82, 2.24) is 0 Å². The first kappa shape index (κ1) is 12.0. The van der Waals surface area contributed by atoms with Crippen LogP contribution in [0.15, 0.2) is 36.4 Å². The molecule has 1 aromatic carbocycles. The van der Waals surface area contributed by atoms with Gasteiger partial charge in [-0.15, -0.1) is 0 Å². The van der Waals surface area contributed by atoms with Crippen molar-refractivity contribution in [2.75, 3.05) is 4.90 Å². The maximum atomic E-state index is 12.5. The minimum atomic E-state index is -0.264. The Hall–Kier alpha value is -2.10. The molecule has 2 aliphatic rings. The third-order valence-corrected chi connectivity index (χ3v) is 3.96. The maximum absolute atomic E-state index is 12.5. The lowest BCUT2D eigenvalue weighted by atomic mass is 9.78. The van der Waals surface area contributed by atoms with Gasteiger partial charge < -0.3 is 5.11 Å². The molecule has 4 nitrogen and oxygen atoms in total. The number of imide groups is 1. The van der Waals surface area contributed by atoms with Crippen LogP contribution < -0.4 is 4.90 Å². The maximum Gasteiger partial charge on any atom is 0.238 e. The zero-order valence-electron chi connectivity index (χ0n) is 10.6. The van der Waals surface area contributed by atoms with Crippen LogP contribution in [0, 0.1) is 17.8 Å². The van der Waals surface area contributed by atoms with Crippen LogP contribution in [-0.4, -0.2) is 16.9 Å². The third kappa shape index (κ3) is 1.75. The molecule has 0 radical (unpaired) electrons. The minimum Gasteiger partial charge on any atom is -0.508 e. The first-order valence-corrected chi connectivity index (χ1v) is 6.43. The second kappa shape index (κ2) is 4.23. The molecule has 98 valence electrons. The molecule has 0 unspecified atom stereocenters. The number of benzene rings is 1. The molecule has 0 spiro atoms. The van der Waals surface area contributed by atoms with Crippen LogP contribution in [0.25, 0.3) is 0 Å². The predicted molar refractivity (Wildman–Crippen MR) is 70.5 cm³/mol. The van der Waals surface area contributed by atoms with Gasteiger partial charge in [-0.05, 0) is 24.5 Å². The lowest BCUT2D eigenvalue weighted by molar-refractivity contribution is -0.122. The van der Waals surface area contributed by atoms with Gasteiger partial charge in [-0.2, -0.15) is 0 Å². The van der Waals surface area contributed by atoms with Crippen molar-refractivity contribution in [1.29, 1.82) is 0 Å². The molecule has 4 heteroatoms.